The van der Waals surface area contributed by atoms with Gasteiger partial charge in [0, 0.05) is 16.8 Å². The Bertz CT molecular complexity index is 942. The number of aromatic amines is 1. The maximum Gasteiger partial charge on any atom is 0.186 e. The van der Waals surface area contributed by atoms with Crippen LogP contribution >= 0.6 is 0 Å². The van der Waals surface area contributed by atoms with E-state index in [2.05, 4.69) is 79.7 Å². The van der Waals surface area contributed by atoms with Crippen molar-refractivity contribution in [2.75, 3.05) is 0 Å². The quantitative estimate of drug-likeness (QED) is 0.839. The van der Waals surface area contributed by atoms with Crippen LogP contribution in [0, 0.1) is 0 Å². The zero-order valence-electron chi connectivity index (χ0n) is 13.9. The third-order valence-electron chi connectivity index (χ3n) is 4.74. The third kappa shape index (κ3) is 3.10. The summed E-state index contributed by atoms with van der Waals surface area (Å²) < 4.78 is 0. The minimum atomic E-state index is 0.956. The van der Waals surface area contributed by atoms with E-state index in [0.717, 1.165) is 24.8 Å². The van der Waals surface area contributed by atoms with Gasteiger partial charge >= 0.3 is 0 Å². The first-order chi connectivity index (χ1) is 11.8. The van der Waals surface area contributed by atoms with Gasteiger partial charge in [-0.3, -0.25) is 0 Å². The van der Waals surface area contributed by atoms with Gasteiger partial charge in [0.05, 0.1) is 0 Å². The summed E-state index contributed by atoms with van der Waals surface area (Å²) >= 11 is 0. The van der Waals surface area contributed by atoms with Crippen molar-refractivity contribution in [3.8, 4) is 0 Å². The number of benzene rings is 1. The molecule has 1 aromatic heterocycles. The van der Waals surface area contributed by atoms with Crippen molar-refractivity contribution in [3.05, 3.63) is 81.9 Å². The number of nitrogens with one attached hydrogen (secondary N) is 1. The number of allylic oxidation sites excluding steroid dienone is 4. The van der Waals surface area contributed by atoms with Gasteiger partial charge in [-0.25, -0.2) is 0 Å². The summed E-state index contributed by atoms with van der Waals surface area (Å²) in [5, 5.41) is 2.63. The Morgan fingerprint density at radius 3 is 2.79 bits per heavy atom. The maximum atomic E-state index is 4.25. The lowest BCUT2D eigenvalue weighted by molar-refractivity contribution is 0.923. The Labute approximate surface area is 144 Å². The summed E-state index contributed by atoms with van der Waals surface area (Å²) in [5.41, 5.74) is 6.31. The van der Waals surface area contributed by atoms with E-state index in [4.69, 9.17) is 0 Å². The second kappa shape index (κ2) is 6.56. The van der Waals surface area contributed by atoms with E-state index in [9.17, 15) is 0 Å². The molecule has 2 heteroatoms. The van der Waals surface area contributed by atoms with Crippen LogP contribution in [0.4, 0.5) is 0 Å². The van der Waals surface area contributed by atoms with Gasteiger partial charge in [-0.2, -0.15) is 0 Å². The number of hydrogen-bond acceptors (Lipinski definition) is 0. The predicted molar refractivity (Wildman–Crippen MR) is 104 cm³/mol. The first-order valence-electron chi connectivity index (χ1n) is 8.67. The van der Waals surface area contributed by atoms with Crippen LogP contribution in [-0.4, -0.2) is 12.3 Å². The summed E-state index contributed by atoms with van der Waals surface area (Å²) in [6, 6.07) is 10.5. The second-order valence-electron chi connectivity index (χ2n) is 6.56. The van der Waals surface area contributed by atoms with E-state index in [-0.39, 0.29) is 0 Å². The molecule has 2 aliphatic carbocycles. The largest absolute Gasteiger partial charge is 0.361 e. The molecule has 0 aliphatic heterocycles. The van der Waals surface area contributed by atoms with Crippen molar-refractivity contribution < 1.29 is 0 Å². The van der Waals surface area contributed by atoms with Crippen molar-refractivity contribution >= 4 is 31.0 Å². The first-order valence-corrected chi connectivity index (χ1v) is 8.67. The fourth-order valence-corrected chi connectivity index (χ4v) is 3.48. The van der Waals surface area contributed by atoms with Crippen LogP contribution in [0.15, 0.2) is 65.8 Å². The molecule has 1 aromatic carbocycles. The molecule has 0 fully saturated rings. The lowest BCUT2D eigenvalue weighted by Gasteiger charge is -2.01. The van der Waals surface area contributed by atoms with Crippen molar-refractivity contribution in [1.82, 2.24) is 4.98 Å². The normalized spacial score (nSPS) is 18.4. The van der Waals surface area contributed by atoms with Crippen LogP contribution in [0.5, 0.6) is 0 Å². The number of fused-ring (bicyclic) bond motifs is 1. The summed E-state index contributed by atoms with van der Waals surface area (Å²) in [6.07, 6.45) is 15.8. The Balaban J connectivity index is 1.59. The summed E-state index contributed by atoms with van der Waals surface area (Å²) in [4.78, 5) is 3.42. The fourth-order valence-electron chi connectivity index (χ4n) is 3.48. The first kappa shape index (κ1) is 15.1. The highest BCUT2D eigenvalue weighted by molar-refractivity contribution is 6.61. The van der Waals surface area contributed by atoms with Gasteiger partial charge < -0.3 is 4.98 Å². The Morgan fingerprint density at radius 1 is 1.08 bits per heavy atom. The zero-order chi connectivity index (χ0) is 16.4. The van der Waals surface area contributed by atoms with Gasteiger partial charge in [-0.1, -0.05) is 66.1 Å². The Morgan fingerprint density at radius 2 is 1.92 bits per heavy atom. The summed E-state index contributed by atoms with van der Waals surface area (Å²) in [6.45, 7) is 4.25. The van der Waals surface area contributed by atoms with Crippen LogP contribution < -0.4 is 16.0 Å². The number of hydrogen-bond donors (Lipinski definition) is 1. The van der Waals surface area contributed by atoms with E-state index >= 15 is 0 Å². The molecule has 4 rings (SSSR count). The number of H-pyrrole nitrogens is 1. The third-order valence-corrected chi connectivity index (χ3v) is 4.74. The molecule has 1 radical (unpaired) electrons. The van der Waals surface area contributed by atoms with Crippen LogP contribution in [-0.2, 0) is 0 Å². The summed E-state index contributed by atoms with van der Waals surface area (Å²) in [5.74, 6) is 0. The number of rotatable bonds is 3. The van der Waals surface area contributed by atoms with Crippen molar-refractivity contribution in [2.45, 2.75) is 25.7 Å². The van der Waals surface area contributed by atoms with E-state index in [1.54, 1.807) is 0 Å². The molecule has 0 unspecified atom stereocenters. The average Bonchev–Trinajstić information content (AvgIpc) is 3.03. The molecule has 0 saturated heterocycles. The minimum absolute atomic E-state index is 0.956. The van der Waals surface area contributed by atoms with Crippen molar-refractivity contribution in [3.63, 3.8) is 0 Å². The van der Waals surface area contributed by atoms with E-state index in [1.807, 2.05) is 0 Å². The lowest BCUT2D eigenvalue weighted by atomic mass is 9.63. The molecule has 0 atom stereocenters. The van der Waals surface area contributed by atoms with Gasteiger partial charge in [-0.15, -0.1) is 0 Å². The maximum absolute atomic E-state index is 4.25. The van der Waals surface area contributed by atoms with Crippen LogP contribution in [0.2, 0.25) is 0 Å². The smallest absolute Gasteiger partial charge is 0.186 e. The van der Waals surface area contributed by atoms with Crippen LogP contribution in [0.25, 0.3) is 18.2 Å². The molecule has 117 valence electrons. The highest BCUT2D eigenvalue weighted by atomic mass is 14.7. The summed E-state index contributed by atoms with van der Waals surface area (Å²) in [7, 11) is 2.25. The number of aromatic nitrogens is 1. The van der Waals surface area contributed by atoms with Gasteiger partial charge in [0.2, 0.25) is 0 Å². The lowest BCUT2D eigenvalue weighted by Crippen LogP contribution is -2.23. The molecule has 1 nitrogen and oxygen atoms in total. The SMILES string of the molecule is C=C1C=C([B]c2ccccc2)C/C1=C\c1c[nH]c2c1=CCCCC=2. The zero-order valence-corrected chi connectivity index (χ0v) is 13.9. The molecule has 2 aliphatic rings. The standard InChI is InChI=1S/C22H21BN/c1-16-12-20(23-19-8-4-2-5-9-19)14-17(16)13-18-15-24-22-11-7-3-6-10-21(18)22/h2,4-5,8-13,15,24H,1,3,6-7,14H2/b17-13+. The van der Waals surface area contributed by atoms with Gasteiger partial charge in [0.1, 0.15) is 0 Å². The molecule has 1 heterocycles. The Kier molecular flexibility index (Phi) is 4.12. The fraction of sp³-hybridized carbons (Fsp3) is 0.182. The molecule has 0 bridgehead atoms. The predicted octanol–water partition coefficient (Wildman–Crippen LogP) is 3.02. The molecule has 0 amide bonds. The van der Waals surface area contributed by atoms with Crippen molar-refractivity contribution in [1.29, 1.82) is 0 Å². The molecule has 1 N–H and O–H groups in total. The van der Waals surface area contributed by atoms with E-state index in [1.165, 1.54) is 39.1 Å². The monoisotopic (exact) mass is 310 g/mol. The molecule has 0 spiro atoms. The average molecular weight is 310 g/mol. The van der Waals surface area contributed by atoms with Crippen LogP contribution in [0.1, 0.15) is 31.2 Å². The van der Waals surface area contributed by atoms with E-state index < -0.39 is 0 Å². The van der Waals surface area contributed by atoms with Gasteiger partial charge in [0.15, 0.2) is 7.28 Å². The topological polar surface area (TPSA) is 15.8 Å². The molecule has 24 heavy (non-hydrogen) atoms. The van der Waals surface area contributed by atoms with Gasteiger partial charge in [0.25, 0.3) is 0 Å². The van der Waals surface area contributed by atoms with E-state index in [0.29, 0.717) is 0 Å². The molecular weight excluding hydrogens is 289 g/mol. The molecular formula is C22H21BN. The van der Waals surface area contributed by atoms with Gasteiger partial charge in [-0.05, 0) is 48.5 Å². The minimum Gasteiger partial charge on any atom is -0.361 e. The molecule has 0 saturated carbocycles. The van der Waals surface area contributed by atoms with Crippen LogP contribution in [0.3, 0.4) is 0 Å². The highest BCUT2D eigenvalue weighted by Crippen LogP contribution is 2.28. The highest BCUT2D eigenvalue weighted by Gasteiger charge is 2.15. The second-order valence-corrected chi connectivity index (χ2v) is 6.56. The molecule has 2 aromatic rings. The van der Waals surface area contributed by atoms with Crippen molar-refractivity contribution in [2.24, 2.45) is 0 Å². The Hall–Kier alpha value is -2.48.